The molecule has 1 heterocycles. The second-order valence-electron chi connectivity index (χ2n) is 6.27. The van der Waals surface area contributed by atoms with Crippen LogP contribution < -0.4 is 10.6 Å². The van der Waals surface area contributed by atoms with E-state index in [4.69, 9.17) is 17.0 Å². The standard InChI is InChI=1S/C16H24N2OS/c1-16(2,3)13-8-4-5-9-14(13)18-15(20)17-11-12-7-6-10-19-12/h4-5,8-9,12H,6-7,10-11H2,1-3H3,(H2,17,18,20)/t12-/m0/s1. The highest BCUT2D eigenvalue weighted by Crippen LogP contribution is 2.29. The Labute approximate surface area is 127 Å². The molecule has 0 aromatic heterocycles. The summed E-state index contributed by atoms with van der Waals surface area (Å²) < 4.78 is 5.58. The summed E-state index contributed by atoms with van der Waals surface area (Å²) in [6, 6.07) is 8.31. The summed E-state index contributed by atoms with van der Waals surface area (Å²) in [6.45, 7) is 8.27. The number of anilines is 1. The molecule has 3 nitrogen and oxygen atoms in total. The first-order valence-corrected chi connectivity index (χ1v) is 7.63. The quantitative estimate of drug-likeness (QED) is 0.836. The Balaban J connectivity index is 1.93. The van der Waals surface area contributed by atoms with Gasteiger partial charge < -0.3 is 15.4 Å². The van der Waals surface area contributed by atoms with Crippen LogP contribution in [0.5, 0.6) is 0 Å². The van der Waals surface area contributed by atoms with Gasteiger partial charge in [-0.25, -0.2) is 0 Å². The first-order valence-electron chi connectivity index (χ1n) is 7.23. The van der Waals surface area contributed by atoms with Crippen LogP contribution in [0.1, 0.15) is 39.2 Å². The van der Waals surface area contributed by atoms with E-state index in [9.17, 15) is 0 Å². The van der Waals surface area contributed by atoms with Crippen molar-refractivity contribution in [3.63, 3.8) is 0 Å². The summed E-state index contributed by atoms with van der Waals surface area (Å²) in [5.41, 5.74) is 2.43. The van der Waals surface area contributed by atoms with Crippen molar-refractivity contribution in [3.05, 3.63) is 29.8 Å². The van der Waals surface area contributed by atoms with Crippen LogP contribution in [-0.4, -0.2) is 24.4 Å². The zero-order valence-electron chi connectivity index (χ0n) is 12.5. The molecule has 1 fully saturated rings. The van der Waals surface area contributed by atoms with Crippen molar-refractivity contribution in [2.45, 2.75) is 45.1 Å². The van der Waals surface area contributed by atoms with Gasteiger partial charge in [0.05, 0.1) is 6.10 Å². The second-order valence-corrected chi connectivity index (χ2v) is 6.67. The molecule has 0 bridgehead atoms. The Bertz CT molecular complexity index is 462. The van der Waals surface area contributed by atoms with Gasteiger partial charge in [-0.1, -0.05) is 39.0 Å². The molecule has 0 radical (unpaired) electrons. The number of hydrogen-bond acceptors (Lipinski definition) is 2. The van der Waals surface area contributed by atoms with Crippen molar-refractivity contribution >= 4 is 23.0 Å². The molecule has 1 atom stereocenters. The molecule has 1 aromatic rings. The van der Waals surface area contributed by atoms with E-state index in [1.54, 1.807) is 0 Å². The maximum Gasteiger partial charge on any atom is 0.170 e. The van der Waals surface area contributed by atoms with E-state index in [0.29, 0.717) is 11.2 Å². The lowest BCUT2D eigenvalue weighted by Crippen LogP contribution is -2.35. The monoisotopic (exact) mass is 292 g/mol. The van der Waals surface area contributed by atoms with Crippen molar-refractivity contribution in [1.82, 2.24) is 5.32 Å². The van der Waals surface area contributed by atoms with Gasteiger partial charge in [-0.15, -0.1) is 0 Å². The van der Waals surface area contributed by atoms with Crippen molar-refractivity contribution < 1.29 is 4.74 Å². The third kappa shape index (κ3) is 4.18. The number of thiocarbonyl (C=S) groups is 1. The fourth-order valence-electron chi connectivity index (χ4n) is 2.42. The summed E-state index contributed by atoms with van der Waals surface area (Å²) in [7, 11) is 0. The van der Waals surface area contributed by atoms with Crippen LogP contribution in [0.4, 0.5) is 5.69 Å². The molecular weight excluding hydrogens is 268 g/mol. The van der Waals surface area contributed by atoms with Crippen LogP contribution in [0.3, 0.4) is 0 Å². The molecule has 20 heavy (non-hydrogen) atoms. The molecule has 2 rings (SSSR count). The Morgan fingerprint density at radius 3 is 2.75 bits per heavy atom. The number of hydrogen-bond donors (Lipinski definition) is 2. The first kappa shape index (κ1) is 15.3. The van der Waals surface area contributed by atoms with Crippen molar-refractivity contribution in [2.24, 2.45) is 0 Å². The number of benzene rings is 1. The largest absolute Gasteiger partial charge is 0.376 e. The van der Waals surface area contributed by atoms with Crippen LogP contribution in [0.2, 0.25) is 0 Å². The maximum absolute atomic E-state index is 5.58. The third-order valence-corrected chi connectivity index (χ3v) is 3.74. The lowest BCUT2D eigenvalue weighted by Gasteiger charge is -2.24. The van der Waals surface area contributed by atoms with Gasteiger partial charge in [-0.2, -0.15) is 0 Å². The summed E-state index contributed by atoms with van der Waals surface area (Å²) in [5.74, 6) is 0. The van der Waals surface area contributed by atoms with Crippen LogP contribution in [0, 0.1) is 0 Å². The summed E-state index contributed by atoms with van der Waals surface area (Å²) >= 11 is 5.38. The Kier molecular flexibility index (Phi) is 5.00. The summed E-state index contributed by atoms with van der Waals surface area (Å²) in [5, 5.41) is 7.22. The SMILES string of the molecule is CC(C)(C)c1ccccc1NC(=S)NC[C@@H]1CCCO1. The fourth-order valence-corrected chi connectivity index (χ4v) is 2.62. The molecule has 0 amide bonds. The van der Waals surface area contributed by atoms with Gasteiger partial charge in [0.25, 0.3) is 0 Å². The molecule has 0 spiro atoms. The summed E-state index contributed by atoms with van der Waals surface area (Å²) in [6.07, 6.45) is 2.57. The molecule has 0 aliphatic carbocycles. The van der Waals surface area contributed by atoms with E-state index in [1.807, 2.05) is 6.07 Å². The Morgan fingerprint density at radius 2 is 2.10 bits per heavy atom. The smallest absolute Gasteiger partial charge is 0.170 e. The van der Waals surface area contributed by atoms with Gasteiger partial charge in [0.15, 0.2) is 5.11 Å². The van der Waals surface area contributed by atoms with E-state index in [2.05, 4.69) is 49.6 Å². The topological polar surface area (TPSA) is 33.3 Å². The average molecular weight is 292 g/mol. The molecule has 2 N–H and O–H groups in total. The fraction of sp³-hybridized carbons (Fsp3) is 0.562. The molecule has 1 aromatic carbocycles. The predicted molar refractivity (Wildman–Crippen MR) is 88.3 cm³/mol. The molecule has 0 saturated carbocycles. The van der Waals surface area contributed by atoms with Crippen LogP contribution in [0.25, 0.3) is 0 Å². The highest BCUT2D eigenvalue weighted by molar-refractivity contribution is 7.80. The minimum absolute atomic E-state index is 0.0910. The normalized spacial score (nSPS) is 18.9. The highest BCUT2D eigenvalue weighted by Gasteiger charge is 2.18. The molecular formula is C16H24N2OS. The van der Waals surface area contributed by atoms with E-state index >= 15 is 0 Å². The maximum atomic E-state index is 5.58. The molecule has 1 aliphatic rings. The van der Waals surface area contributed by atoms with Crippen LogP contribution in [0.15, 0.2) is 24.3 Å². The van der Waals surface area contributed by atoms with Crippen molar-refractivity contribution in [2.75, 3.05) is 18.5 Å². The lowest BCUT2D eigenvalue weighted by atomic mass is 9.86. The second kappa shape index (κ2) is 6.55. The average Bonchev–Trinajstić information content (AvgIpc) is 2.89. The molecule has 0 unspecified atom stereocenters. The van der Waals surface area contributed by atoms with Crippen LogP contribution in [-0.2, 0) is 10.2 Å². The zero-order chi connectivity index (χ0) is 14.6. The molecule has 4 heteroatoms. The lowest BCUT2D eigenvalue weighted by molar-refractivity contribution is 0.114. The molecule has 1 aliphatic heterocycles. The van der Waals surface area contributed by atoms with E-state index < -0.39 is 0 Å². The third-order valence-electron chi connectivity index (χ3n) is 3.50. The van der Waals surface area contributed by atoms with E-state index in [0.717, 1.165) is 31.7 Å². The highest BCUT2D eigenvalue weighted by atomic mass is 32.1. The minimum Gasteiger partial charge on any atom is -0.376 e. The number of nitrogens with one attached hydrogen (secondary N) is 2. The van der Waals surface area contributed by atoms with Crippen LogP contribution >= 0.6 is 12.2 Å². The Hall–Kier alpha value is -1.13. The predicted octanol–water partition coefficient (Wildman–Crippen LogP) is 3.45. The van der Waals surface area contributed by atoms with E-state index in [1.165, 1.54) is 5.56 Å². The van der Waals surface area contributed by atoms with Gasteiger partial charge in [0.2, 0.25) is 0 Å². The minimum atomic E-state index is 0.0910. The van der Waals surface area contributed by atoms with Gasteiger partial charge in [0, 0.05) is 18.8 Å². The van der Waals surface area contributed by atoms with Gasteiger partial charge in [0.1, 0.15) is 0 Å². The first-order chi connectivity index (χ1) is 9.47. The molecule has 1 saturated heterocycles. The van der Waals surface area contributed by atoms with Crippen molar-refractivity contribution in [3.8, 4) is 0 Å². The zero-order valence-corrected chi connectivity index (χ0v) is 13.3. The summed E-state index contributed by atoms with van der Waals surface area (Å²) in [4.78, 5) is 0. The van der Waals surface area contributed by atoms with Gasteiger partial charge >= 0.3 is 0 Å². The number of ether oxygens (including phenoxy) is 1. The Morgan fingerprint density at radius 1 is 1.35 bits per heavy atom. The molecule has 110 valence electrons. The number of rotatable bonds is 3. The number of para-hydroxylation sites is 1. The van der Waals surface area contributed by atoms with Gasteiger partial charge in [-0.3, -0.25) is 0 Å². The van der Waals surface area contributed by atoms with Gasteiger partial charge in [-0.05, 0) is 42.1 Å². The van der Waals surface area contributed by atoms with E-state index in [-0.39, 0.29) is 5.41 Å². The van der Waals surface area contributed by atoms with Crippen molar-refractivity contribution in [1.29, 1.82) is 0 Å².